The Labute approximate surface area is 127 Å². The lowest BCUT2D eigenvalue weighted by molar-refractivity contribution is 0.153. The lowest BCUT2D eigenvalue weighted by atomic mass is 10.2. The second-order valence-corrected chi connectivity index (χ2v) is 4.80. The van der Waals surface area contributed by atoms with Gasteiger partial charge in [-0.2, -0.15) is 0 Å². The van der Waals surface area contributed by atoms with Crippen molar-refractivity contribution in [1.82, 2.24) is 0 Å². The van der Waals surface area contributed by atoms with Crippen LogP contribution < -0.4 is 9.64 Å². The maximum absolute atomic E-state index is 5.50. The second-order valence-electron chi connectivity index (χ2n) is 4.80. The van der Waals surface area contributed by atoms with Gasteiger partial charge in [-0.25, -0.2) is 0 Å². The summed E-state index contributed by atoms with van der Waals surface area (Å²) in [6, 6.07) is 18.7. The summed E-state index contributed by atoms with van der Waals surface area (Å²) in [6.45, 7) is 5.25. The Morgan fingerprint density at radius 2 is 1.67 bits per heavy atom. The Balaban J connectivity index is 2.10. The van der Waals surface area contributed by atoms with Crippen LogP contribution in [0.3, 0.4) is 0 Å². The minimum atomic E-state index is 0.732. The molecular formula is C18H23NO2. The van der Waals surface area contributed by atoms with E-state index in [1.165, 1.54) is 11.3 Å². The first kappa shape index (κ1) is 15.4. The monoisotopic (exact) mass is 285 g/mol. The first-order valence-electron chi connectivity index (χ1n) is 7.34. The van der Waals surface area contributed by atoms with Crippen LogP contribution in [0.25, 0.3) is 0 Å². The van der Waals surface area contributed by atoms with Crippen LogP contribution >= 0.6 is 0 Å². The topological polar surface area (TPSA) is 21.7 Å². The predicted molar refractivity (Wildman–Crippen MR) is 87.0 cm³/mol. The van der Waals surface area contributed by atoms with Gasteiger partial charge in [0.05, 0.1) is 13.7 Å². The standard InChI is InChI=1S/C18H23NO2/c1-3-21-14-13-19(15-16-7-5-4-6-8-16)17-9-11-18(20-2)12-10-17/h4-12H,3,13-15H2,1-2H3. The molecule has 0 saturated carbocycles. The van der Waals surface area contributed by atoms with Crippen molar-refractivity contribution in [2.24, 2.45) is 0 Å². The Hall–Kier alpha value is -2.00. The summed E-state index contributed by atoms with van der Waals surface area (Å²) in [5.41, 5.74) is 2.48. The molecule has 0 aliphatic rings. The van der Waals surface area contributed by atoms with E-state index in [-0.39, 0.29) is 0 Å². The highest BCUT2D eigenvalue weighted by Crippen LogP contribution is 2.21. The largest absolute Gasteiger partial charge is 0.497 e. The molecule has 3 nitrogen and oxygen atoms in total. The summed E-state index contributed by atoms with van der Waals surface area (Å²) in [5, 5.41) is 0. The second kappa shape index (κ2) is 8.32. The highest BCUT2D eigenvalue weighted by molar-refractivity contribution is 5.49. The minimum absolute atomic E-state index is 0.732. The molecule has 0 unspecified atom stereocenters. The van der Waals surface area contributed by atoms with Gasteiger partial charge in [-0.1, -0.05) is 30.3 Å². The Morgan fingerprint density at radius 3 is 2.29 bits per heavy atom. The van der Waals surface area contributed by atoms with E-state index >= 15 is 0 Å². The number of methoxy groups -OCH3 is 1. The molecule has 0 heterocycles. The van der Waals surface area contributed by atoms with Gasteiger partial charge in [0.25, 0.3) is 0 Å². The molecule has 0 N–H and O–H groups in total. The summed E-state index contributed by atoms with van der Waals surface area (Å²) in [5.74, 6) is 0.878. The zero-order chi connectivity index (χ0) is 14.9. The third-order valence-corrected chi connectivity index (χ3v) is 3.36. The first-order chi connectivity index (χ1) is 10.3. The van der Waals surface area contributed by atoms with Crippen LogP contribution in [-0.4, -0.2) is 26.9 Å². The molecule has 2 aromatic carbocycles. The Kier molecular flexibility index (Phi) is 6.10. The van der Waals surface area contributed by atoms with Crippen molar-refractivity contribution in [2.75, 3.05) is 31.8 Å². The highest BCUT2D eigenvalue weighted by atomic mass is 16.5. The summed E-state index contributed by atoms with van der Waals surface area (Å²) >= 11 is 0. The van der Waals surface area contributed by atoms with Gasteiger partial charge < -0.3 is 14.4 Å². The number of nitrogens with zero attached hydrogens (tertiary/aromatic N) is 1. The molecule has 0 aromatic heterocycles. The number of anilines is 1. The molecule has 2 rings (SSSR count). The fourth-order valence-corrected chi connectivity index (χ4v) is 2.22. The van der Waals surface area contributed by atoms with Crippen molar-refractivity contribution in [3.63, 3.8) is 0 Å². The van der Waals surface area contributed by atoms with E-state index in [0.717, 1.165) is 32.1 Å². The minimum Gasteiger partial charge on any atom is -0.497 e. The summed E-state index contributed by atoms with van der Waals surface area (Å²) in [7, 11) is 1.69. The van der Waals surface area contributed by atoms with Crippen LogP contribution in [0.2, 0.25) is 0 Å². The molecule has 2 aromatic rings. The van der Waals surface area contributed by atoms with Gasteiger partial charge >= 0.3 is 0 Å². The third kappa shape index (κ3) is 4.80. The van der Waals surface area contributed by atoms with E-state index < -0.39 is 0 Å². The van der Waals surface area contributed by atoms with E-state index in [9.17, 15) is 0 Å². The van der Waals surface area contributed by atoms with Crippen LogP contribution in [0.1, 0.15) is 12.5 Å². The molecule has 0 amide bonds. The van der Waals surface area contributed by atoms with Crippen LogP contribution in [-0.2, 0) is 11.3 Å². The smallest absolute Gasteiger partial charge is 0.119 e. The fraction of sp³-hybridized carbons (Fsp3) is 0.333. The van der Waals surface area contributed by atoms with Crippen molar-refractivity contribution < 1.29 is 9.47 Å². The number of rotatable bonds is 8. The van der Waals surface area contributed by atoms with Gasteiger partial charge in [0.2, 0.25) is 0 Å². The molecule has 0 atom stereocenters. The van der Waals surface area contributed by atoms with Gasteiger partial charge in [0.15, 0.2) is 0 Å². The van der Waals surface area contributed by atoms with Crippen molar-refractivity contribution in [3.05, 3.63) is 60.2 Å². The molecule has 0 bridgehead atoms. The Bertz CT molecular complexity index is 511. The third-order valence-electron chi connectivity index (χ3n) is 3.36. The zero-order valence-electron chi connectivity index (χ0n) is 12.8. The molecule has 0 aliphatic carbocycles. The molecule has 3 heteroatoms. The van der Waals surface area contributed by atoms with Crippen LogP contribution in [0.5, 0.6) is 5.75 Å². The van der Waals surface area contributed by atoms with E-state index in [1.54, 1.807) is 7.11 Å². The first-order valence-corrected chi connectivity index (χ1v) is 7.34. The molecule has 0 saturated heterocycles. The molecule has 0 fully saturated rings. The van der Waals surface area contributed by atoms with E-state index in [0.29, 0.717) is 0 Å². The maximum Gasteiger partial charge on any atom is 0.119 e. The zero-order valence-corrected chi connectivity index (χ0v) is 12.8. The molecule has 21 heavy (non-hydrogen) atoms. The van der Waals surface area contributed by atoms with Crippen LogP contribution in [0.15, 0.2) is 54.6 Å². The fourth-order valence-electron chi connectivity index (χ4n) is 2.22. The van der Waals surface area contributed by atoms with Gasteiger partial charge in [0.1, 0.15) is 5.75 Å². The van der Waals surface area contributed by atoms with Gasteiger partial charge in [-0.05, 0) is 36.8 Å². The van der Waals surface area contributed by atoms with Gasteiger partial charge in [-0.15, -0.1) is 0 Å². The van der Waals surface area contributed by atoms with Crippen molar-refractivity contribution in [1.29, 1.82) is 0 Å². The van der Waals surface area contributed by atoms with Crippen molar-refractivity contribution in [3.8, 4) is 5.75 Å². The SMILES string of the molecule is CCOCCN(Cc1ccccc1)c1ccc(OC)cc1. The predicted octanol–water partition coefficient (Wildman–Crippen LogP) is 3.74. The summed E-state index contributed by atoms with van der Waals surface area (Å²) < 4.78 is 10.7. The lowest BCUT2D eigenvalue weighted by Crippen LogP contribution is -2.27. The molecule has 0 spiro atoms. The van der Waals surface area contributed by atoms with E-state index in [2.05, 4.69) is 41.3 Å². The summed E-state index contributed by atoms with van der Waals surface area (Å²) in [6.07, 6.45) is 0. The summed E-state index contributed by atoms with van der Waals surface area (Å²) in [4.78, 5) is 2.32. The molecule has 0 radical (unpaired) electrons. The average molecular weight is 285 g/mol. The van der Waals surface area contributed by atoms with E-state index in [4.69, 9.17) is 9.47 Å². The van der Waals surface area contributed by atoms with Gasteiger partial charge in [0, 0.05) is 25.4 Å². The number of benzene rings is 2. The quantitative estimate of drug-likeness (QED) is 0.690. The molecule has 0 aliphatic heterocycles. The van der Waals surface area contributed by atoms with Gasteiger partial charge in [-0.3, -0.25) is 0 Å². The number of hydrogen-bond acceptors (Lipinski definition) is 3. The maximum atomic E-state index is 5.50. The normalized spacial score (nSPS) is 10.4. The van der Waals surface area contributed by atoms with Crippen molar-refractivity contribution >= 4 is 5.69 Å². The van der Waals surface area contributed by atoms with Crippen LogP contribution in [0, 0.1) is 0 Å². The van der Waals surface area contributed by atoms with Crippen molar-refractivity contribution in [2.45, 2.75) is 13.5 Å². The highest BCUT2D eigenvalue weighted by Gasteiger charge is 2.07. The lowest BCUT2D eigenvalue weighted by Gasteiger charge is -2.25. The van der Waals surface area contributed by atoms with Crippen LogP contribution in [0.4, 0.5) is 5.69 Å². The number of ether oxygens (including phenoxy) is 2. The Morgan fingerprint density at radius 1 is 0.952 bits per heavy atom. The molecular weight excluding hydrogens is 262 g/mol. The average Bonchev–Trinajstić information content (AvgIpc) is 2.55. The number of hydrogen-bond donors (Lipinski definition) is 0. The van der Waals surface area contributed by atoms with E-state index in [1.807, 2.05) is 25.1 Å². The molecule has 112 valence electrons.